The number of anilines is 1. The van der Waals surface area contributed by atoms with Crippen molar-refractivity contribution >= 4 is 27.5 Å². The molecule has 3 fully saturated rings. The lowest BCUT2D eigenvalue weighted by Crippen LogP contribution is -2.57. The number of likely N-dealkylation sites (tertiary alicyclic amines) is 1. The van der Waals surface area contributed by atoms with E-state index in [0.717, 1.165) is 25.7 Å². The van der Waals surface area contributed by atoms with E-state index in [2.05, 4.69) is 9.97 Å². The lowest BCUT2D eigenvalue weighted by molar-refractivity contribution is -0.137. The summed E-state index contributed by atoms with van der Waals surface area (Å²) in [5.41, 5.74) is 0.287. The quantitative estimate of drug-likeness (QED) is 0.197. The topological polar surface area (TPSA) is 83.8 Å². The molecule has 2 aliphatic heterocycles. The number of fused-ring (bicyclic) bond motifs is 2. The molecule has 0 radical (unpaired) electrons. The van der Waals surface area contributed by atoms with Crippen LogP contribution in [-0.2, 0) is 11.2 Å². The molecule has 1 aliphatic carbocycles. The van der Waals surface area contributed by atoms with Crippen molar-refractivity contribution in [3.8, 4) is 23.0 Å². The first-order valence-electron chi connectivity index (χ1n) is 16.0. The van der Waals surface area contributed by atoms with E-state index in [1.807, 2.05) is 18.7 Å². The Kier molecular flexibility index (Phi) is 7.91. The van der Waals surface area contributed by atoms with Gasteiger partial charge in [0.25, 0.3) is 5.92 Å². The number of benzene rings is 2. The first kappa shape index (κ1) is 30.9. The van der Waals surface area contributed by atoms with Gasteiger partial charge in [-0.15, -0.1) is 0 Å². The van der Waals surface area contributed by atoms with Crippen LogP contribution in [0.25, 0.3) is 32.9 Å². The second kappa shape index (κ2) is 11.8. The Morgan fingerprint density at radius 3 is 2.61 bits per heavy atom. The van der Waals surface area contributed by atoms with E-state index in [1.54, 1.807) is 11.0 Å². The van der Waals surface area contributed by atoms with Gasteiger partial charge in [-0.05, 0) is 73.6 Å². The van der Waals surface area contributed by atoms with Gasteiger partial charge >= 0.3 is 6.01 Å². The van der Waals surface area contributed by atoms with Crippen molar-refractivity contribution in [3.05, 3.63) is 47.7 Å². The Morgan fingerprint density at radius 2 is 1.89 bits per heavy atom. The molecule has 0 unspecified atom stereocenters. The molecule has 2 aromatic heterocycles. The number of alkyl halides is 2. The van der Waals surface area contributed by atoms with E-state index >= 15 is 4.39 Å². The van der Waals surface area contributed by atoms with Crippen LogP contribution in [0.1, 0.15) is 45.1 Å². The summed E-state index contributed by atoms with van der Waals surface area (Å²) in [5.74, 6) is -3.44. The van der Waals surface area contributed by atoms with Crippen molar-refractivity contribution in [2.75, 3.05) is 50.8 Å². The number of aromatic hydroxyl groups is 1. The zero-order valence-electron chi connectivity index (χ0n) is 26.0. The predicted octanol–water partition coefficient (Wildman–Crippen LogP) is 6.51. The van der Waals surface area contributed by atoms with Crippen LogP contribution in [0.3, 0.4) is 0 Å². The van der Waals surface area contributed by atoms with E-state index in [9.17, 15) is 18.3 Å². The van der Waals surface area contributed by atoms with Gasteiger partial charge in [-0.2, -0.15) is 9.97 Å². The fourth-order valence-electron chi connectivity index (χ4n) is 6.99. The number of aromatic nitrogens is 3. The maximum Gasteiger partial charge on any atom is 0.319 e. The fraction of sp³-hybridized carbons (Fsp3) is 0.500. The normalized spacial score (nSPS) is 20.7. The minimum absolute atomic E-state index is 0.0123. The van der Waals surface area contributed by atoms with Crippen molar-refractivity contribution in [2.24, 2.45) is 5.41 Å². The third-order valence-corrected chi connectivity index (χ3v) is 9.42. The summed E-state index contributed by atoms with van der Waals surface area (Å²) in [6.07, 6.45) is 5.27. The Balaban J connectivity index is 1.30. The lowest BCUT2D eigenvalue weighted by Gasteiger charge is -2.40. The van der Waals surface area contributed by atoms with Gasteiger partial charge in [0.05, 0.1) is 31.2 Å². The predicted molar refractivity (Wildman–Crippen MR) is 167 cm³/mol. The standard InChI is InChI=1S/C34H37F4N5O3/c1-3-23-26(35)8-7-20-12-21(44)13-24(27(20)23)29-28(36)30-25(14-39-29)31(43-11-5-6-22(15-43)45-4-2)41-32(40-30)46-19-33(9-10-33)16-42-17-34(37,38)18-42/h7-8,12-14,22,44H,3-6,9-11,15-19H2,1-2H3/t22-/m1/s1. The summed E-state index contributed by atoms with van der Waals surface area (Å²) in [6, 6.07) is 5.79. The highest BCUT2D eigenvalue weighted by Crippen LogP contribution is 2.48. The molecule has 2 saturated heterocycles. The van der Waals surface area contributed by atoms with Gasteiger partial charge in [0.1, 0.15) is 28.6 Å². The molecule has 12 heteroatoms. The van der Waals surface area contributed by atoms with Gasteiger partial charge < -0.3 is 19.5 Å². The number of piperidine rings is 1. The molecule has 3 aliphatic rings. The Morgan fingerprint density at radius 1 is 1.09 bits per heavy atom. The highest BCUT2D eigenvalue weighted by atomic mass is 19.3. The van der Waals surface area contributed by atoms with Crippen molar-refractivity contribution in [1.82, 2.24) is 19.9 Å². The van der Waals surface area contributed by atoms with E-state index < -0.39 is 17.6 Å². The molecule has 2 aromatic carbocycles. The summed E-state index contributed by atoms with van der Waals surface area (Å²) in [4.78, 5) is 17.5. The minimum atomic E-state index is -2.64. The molecule has 4 aromatic rings. The van der Waals surface area contributed by atoms with Gasteiger partial charge in [0.15, 0.2) is 5.82 Å². The molecule has 4 heterocycles. The maximum absolute atomic E-state index is 16.8. The molecular formula is C34H37F4N5O3. The first-order chi connectivity index (χ1) is 22.1. The molecule has 0 bridgehead atoms. The van der Waals surface area contributed by atoms with Crippen LogP contribution in [-0.4, -0.2) is 82.9 Å². The van der Waals surface area contributed by atoms with Crippen molar-refractivity contribution in [2.45, 2.75) is 58.0 Å². The van der Waals surface area contributed by atoms with Crippen molar-refractivity contribution in [1.29, 1.82) is 0 Å². The van der Waals surface area contributed by atoms with Crippen LogP contribution in [0.2, 0.25) is 0 Å². The monoisotopic (exact) mass is 639 g/mol. The highest BCUT2D eigenvalue weighted by Gasteiger charge is 2.51. The first-order valence-corrected chi connectivity index (χ1v) is 16.0. The zero-order valence-corrected chi connectivity index (χ0v) is 26.0. The fourth-order valence-corrected chi connectivity index (χ4v) is 6.99. The van der Waals surface area contributed by atoms with Crippen LogP contribution in [0.5, 0.6) is 11.8 Å². The smallest absolute Gasteiger partial charge is 0.319 e. The van der Waals surface area contributed by atoms with E-state index in [4.69, 9.17) is 14.5 Å². The molecule has 8 nitrogen and oxygen atoms in total. The van der Waals surface area contributed by atoms with Crippen LogP contribution < -0.4 is 9.64 Å². The number of hydrogen-bond acceptors (Lipinski definition) is 8. The molecule has 244 valence electrons. The minimum Gasteiger partial charge on any atom is -0.508 e. The van der Waals surface area contributed by atoms with E-state index in [0.29, 0.717) is 60.2 Å². The Labute approximate surface area is 264 Å². The van der Waals surface area contributed by atoms with Gasteiger partial charge in [0, 0.05) is 43.4 Å². The average Bonchev–Trinajstić information content (AvgIpc) is 3.78. The number of phenols is 1. The summed E-state index contributed by atoms with van der Waals surface area (Å²) >= 11 is 0. The second-order valence-electron chi connectivity index (χ2n) is 12.9. The van der Waals surface area contributed by atoms with Crippen LogP contribution in [0.15, 0.2) is 30.5 Å². The number of phenolic OH excluding ortho intramolecular Hbond substituents is 1. The van der Waals surface area contributed by atoms with Crippen LogP contribution in [0, 0.1) is 17.0 Å². The Hall–Kier alpha value is -3.77. The molecule has 1 N–H and O–H groups in total. The SMILES string of the molecule is CCO[C@@H]1CCCN(c2nc(OCC3(CN4CC(F)(F)C4)CC3)nc3c(F)c(-c4cc(O)cc5ccc(F)c(CC)c45)ncc23)C1. The molecule has 0 amide bonds. The average molecular weight is 640 g/mol. The maximum atomic E-state index is 16.8. The number of pyridine rings is 1. The molecule has 46 heavy (non-hydrogen) atoms. The summed E-state index contributed by atoms with van der Waals surface area (Å²) in [7, 11) is 0. The van der Waals surface area contributed by atoms with Crippen molar-refractivity contribution in [3.63, 3.8) is 0 Å². The number of rotatable bonds is 10. The number of halogens is 4. The number of hydrogen-bond donors (Lipinski definition) is 1. The zero-order chi connectivity index (χ0) is 32.2. The third-order valence-electron chi connectivity index (χ3n) is 9.42. The number of ether oxygens (including phenoxy) is 2. The summed E-state index contributed by atoms with van der Waals surface area (Å²) in [5, 5.41) is 12.0. The third kappa shape index (κ3) is 5.81. The van der Waals surface area contributed by atoms with Crippen LogP contribution in [0.4, 0.5) is 23.4 Å². The number of aryl methyl sites for hydroxylation is 1. The molecule has 7 rings (SSSR count). The van der Waals surface area contributed by atoms with E-state index in [1.165, 1.54) is 24.4 Å². The van der Waals surface area contributed by atoms with Crippen molar-refractivity contribution < 1.29 is 32.1 Å². The van der Waals surface area contributed by atoms with Gasteiger partial charge in [0.2, 0.25) is 0 Å². The summed E-state index contributed by atoms with van der Waals surface area (Å²) < 4.78 is 70.7. The molecular weight excluding hydrogens is 602 g/mol. The molecule has 0 spiro atoms. The second-order valence-corrected chi connectivity index (χ2v) is 12.9. The van der Waals surface area contributed by atoms with Gasteiger partial charge in [-0.25, -0.2) is 17.6 Å². The largest absolute Gasteiger partial charge is 0.508 e. The van der Waals surface area contributed by atoms with E-state index in [-0.39, 0.29) is 59.7 Å². The molecule has 1 atom stereocenters. The highest BCUT2D eigenvalue weighted by molar-refractivity contribution is 6.01. The van der Waals surface area contributed by atoms with Gasteiger partial charge in [-0.3, -0.25) is 9.88 Å². The Bertz CT molecular complexity index is 1790. The lowest BCUT2D eigenvalue weighted by atomic mass is 9.94. The van der Waals surface area contributed by atoms with Gasteiger partial charge in [-0.1, -0.05) is 13.0 Å². The summed E-state index contributed by atoms with van der Waals surface area (Å²) in [6.45, 7) is 5.75. The number of nitrogens with zero attached hydrogens (tertiary/aromatic N) is 5. The molecule has 1 saturated carbocycles. The van der Waals surface area contributed by atoms with Crippen LogP contribution >= 0.6 is 0 Å².